The van der Waals surface area contributed by atoms with E-state index >= 15 is 0 Å². The number of nitrogens with one attached hydrogen (secondary N) is 1. The first kappa shape index (κ1) is 21.8. The van der Waals surface area contributed by atoms with Gasteiger partial charge < -0.3 is 14.8 Å². The zero-order valence-electron chi connectivity index (χ0n) is 18.0. The maximum absolute atomic E-state index is 13.0. The van der Waals surface area contributed by atoms with E-state index in [0.29, 0.717) is 56.0 Å². The van der Waals surface area contributed by atoms with E-state index in [0.717, 1.165) is 30.7 Å². The molecule has 1 N–H and O–H groups in total. The second-order valence-corrected chi connectivity index (χ2v) is 8.66. The van der Waals surface area contributed by atoms with E-state index in [2.05, 4.69) is 5.32 Å². The number of fused-ring (bicyclic) bond motifs is 1. The Morgan fingerprint density at radius 3 is 2.81 bits per heavy atom. The minimum atomic E-state index is -0.457. The summed E-state index contributed by atoms with van der Waals surface area (Å²) in [5, 5.41) is 8.16. The molecule has 8 heteroatoms. The van der Waals surface area contributed by atoms with Crippen LogP contribution in [0, 0.1) is 5.41 Å². The SMILES string of the molecule is CCCOC(=O)c1cccc(-n2nc(CC)c3c2CC2(CCOCC2)CNC3=O)c1Cl. The summed E-state index contributed by atoms with van der Waals surface area (Å²) in [6, 6.07) is 5.24. The lowest BCUT2D eigenvalue weighted by Gasteiger charge is -2.36. The van der Waals surface area contributed by atoms with Crippen molar-refractivity contribution in [3.63, 3.8) is 0 Å². The number of carbonyl (C=O) groups is 2. The summed E-state index contributed by atoms with van der Waals surface area (Å²) in [4.78, 5) is 25.5. The number of amides is 1. The average molecular weight is 446 g/mol. The number of nitrogens with zero attached hydrogens (tertiary/aromatic N) is 2. The van der Waals surface area contributed by atoms with Gasteiger partial charge >= 0.3 is 5.97 Å². The second-order valence-electron chi connectivity index (χ2n) is 8.28. The summed E-state index contributed by atoms with van der Waals surface area (Å²) in [5.41, 5.74) is 3.00. The van der Waals surface area contributed by atoms with Crippen molar-refractivity contribution in [1.82, 2.24) is 15.1 Å². The number of halogens is 1. The lowest BCUT2D eigenvalue weighted by molar-refractivity contribution is 0.0155. The van der Waals surface area contributed by atoms with Crippen molar-refractivity contribution < 1.29 is 19.1 Å². The number of carbonyl (C=O) groups excluding carboxylic acids is 2. The third-order valence-electron chi connectivity index (χ3n) is 6.20. The molecule has 0 atom stereocenters. The van der Waals surface area contributed by atoms with E-state index in [4.69, 9.17) is 26.2 Å². The third-order valence-corrected chi connectivity index (χ3v) is 6.60. The van der Waals surface area contributed by atoms with Crippen molar-refractivity contribution in [2.45, 2.75) is 46.0 Å². The predicted octanol–water partition coefficient (Wildman–Crippen LogP) is 3.74. The van der Waals surface area contributed by atoms with E-state index in [9.17, 15) is 9.59 Å². The monoisotopic (exact) mass is 445 g/mol. The number of aromatic nitrogens is 2. The number of benzene rings is 1. The highest BCUT2D eigenvalue weighted by Gasteiger charge is 2.40. The Morgan fingerprint density at radius 2 is 2.10 bits per heavy atom. The van der Waals surface area contributed by atoms with E-state index in [1.165, 1.54) is 0 Å². The number of aryl methyl sites for hydroxylation is 1. The van der Waals surface area contributed by atoms with Crippen LogP contribution in [-0.4, -0.2) is 48.0 Å². The normalized spacial score (nSPS) is 17.7. The quantitative estimate of drug-likeness (QED) is 0.709. The molecule has 2 aliphatic rings. The first-order chi connectivity index (χ1) is 15.0. The molecule has 0 radical (unpaired) electrons. The van der Waals surface area contributed by atoms with Gasteiger partial charge in [0.05, 0.1) is 39.8 Å². The number of rotatable bonds is 5. The first-order valence-electron chi connectivity index (χ1n) is 10.9. The Morgan fingerprint density at radius 1 is 1.32 bits per heavy atom. The Hall–Kier alpha value is -2.38. The van der Waals surface area contributed by atoms with Crippen molar-refractivity contribution in [2.24, 2.45) is 5.41 Å². The molecule has 0 unspecified atom stereocenters. The van der Waals surface area contributed by atoms with E-state index < -0.39 is 5.97 Å². The summed E-state index contributed by atoms with van der Waals surface area (Å²) in [6.07, 6.45) is 3.79. The van der Waals surface area contributed by atoms with Gasteiger partial charge in [-0.25, -0.2) is 9.48 Å². The van der Waals surface area contributed by atoms with Crippen LogP contribution in [0.15, 0.2) is 18.2 Å². The van der Waals surface area contributed by atoms with Crippen LogP contribution in [-0.2, 0) is 22.3 Å². The maximum Gasteiger partial charge on any atom is 0.339 e. The first-order valence-corrected chi connectivity index (χ1v) is 11.3. The fraction of sp³-hybridized carbons (Fsp3) is 0.522. The minimum Gasteiger partial charge on any atom is -0.462 e. The van der Waals surface area contributed by atoms with Crippen LogP contribution >= 0.6 is 11.6 Å². The largest absolute Gasteiger partial charge is 0.462 e. The average Bonchev–Trinajstić information content (AvgIpc) is 3.07. The number of hydrogen-bond donors (Lipinski definition) is 1. The molecular formula is C23H28ClN3O4. The molecule has 1 amide bonds. The number of esters is 1. The number of ether oxygens (including phenoxy) is 2. The van der Waals surface area contributed by atoms with Crippen molar-refractivity contribution >= 4 is 23.5 Å². The molecule has 2 aromatic rings. The van der Waals surface area contributed by atoms with Gasteiger partial charge in [-0.15, -0.1) is 0 Å². The van der Waals surface area contributed by atoms with Gasteiger partial charge in [-0.1, -0.05) is 31.5 Å². The minimum absolute atomic E-state index is 0.0773. The standard InChI is InChI=1S/C23H28ClN3O4/c1-3-10-31-22(29)15-6-5-7-17(20(15)24)27-18-13-23(8-11-30-12-9-23)14-25-21(28)19(18)16(4-2)26-27/h5-7H,3-4,8-14H2,1-2H3,(H,25,28). The van der Waals surface area contributed by atoms with Crippen LogP contribution in [0.3, 0.4) is 0 Å². The summed E-state index contributed by atoms with van der Waals surface area (Å²) >= 11 is 6.68. The molecule has 2 aliphatic heterocycles. The highest BCUT2D eigenvalue weighted by Crippen LogP contribution is 2.39. The van der Waals surface area contributed by atoms with Crippen LogP contribution < -0.4 is 5.32 Å². The van der Waals surface area contributed by atoms with E-state index in [1.54, 1.807) is 16.8 Å². The molecule has 1 saturated heterocycles. The highest BCUT2D eigenvalue weighted by molar-refractivity contribution is 6.35. The topological polar surface area (TPSA) is 82.5 Å². The third kappa shape index (κ3) is 4.08. The Labute approximate surface area is 187 Å². The Balaban J connectivity index is 1.82. The Kier molecular flexibility index (Phi) is 6.34. The molecule has 0 aliphatic carbocycles. The van der Waals surface area contributed by atoms with Gasteiger partial charge in [0.1, 0.15) is 0 Å². The lowest BCUT2D eigenvalue weighted by Crippen LogP contribution is -2.40. The van der Waals surface area contributed by atoms with Gasteiger partial charge in [-0.2, -0.15) is 5.10 Å². The summed E-state index contributed by atoms with van der Waals surface area (Å²) in [5.74, 6) is -0.558. The highest BCUT2D eigenvalue weighted by atomic mass is 35.5. The summed E-state index contributed by atoms with van der Waals surface area (Å²) < 4.78 is 12.6. The van der Waals surface area contributed by atoms with Crippen molar-refractivity contribution in [1.29, 1.82) is 0 Å². The van der Waals surface area contributed by atoms with Crippen LogP contribution in [0.25, 0.3) is 5.69 Å². The molecule has 3 heterocycles. The molecule has 0 saturated carbocycles. The van der Waals surface area contributed by atoms with Gasteiger partial charge in [0.2, 0.25) is 0 Å². The molecule has 4 rings (SSSR count). The fourth-order valence-electron chi connectivity index (χ4n) is 4.42. The van der Waals surface area contributed by atoms with Crippen molar-refractivity contribution in [3.05, 3.63) is 45.7 Å². The predicted molar refractivity (Wildman–Crippen MR) is 117 cm³/mol. The molecule has 0 bridgehead atoms. The lowest BCUT2D eigenvalue weighted by atomic mass is 9.76. The van der Waals surface area contributed by atoms with Crippen LogP contribution in [0.1, 0.15) is 65.2 Å². The zero-order chi connectivity index (χ0) is 22.0. The second kappa shape index (κ2) is 9.01. The van der Waals surface area contributed by atoms with Crippen molar-refractivity contribution in [2.75, 3.05) is 26.4 Å². The van der Waals surface area contributed by atoms with Crippen LogP contribution in [0.4, 0.5) is 0 Å². The smallest absolute Gasteiger partial charge is 0.339 e. The fourth-order valence-corrected chi connectivity index (χ4v) is 4.70. The van der Waals surface area contributed by atoms with E-state index in [-0.39, 0.29) is 16.3 Å². The molecular weight excluding hydrogens is 418 g/mol. The van der Waals surface area contributed by atoms with Crippen molar-refractivity contribution in [3.8, 4) is 5.69 Å². The molecule has 1 aromatic heterocycles. The molecule has 1 aromatic carbocycles. The van der Waals surface area contributed by atoms with Gasteiger partial charge in [0.25, 0.3) is 5.91 Å². The molecule has 1 fully saturated rings. The molecule has 31 heavy (non-hydrogen) atoms. The van der Waals surface area contributed by atoms with Gasteiger partial charge in [0.15, 0.2) is 0 Å². The van der Waals surface area contributed by atoms with E-state index in [1.807, 2.05) is 19.9 Å². The summed E-state index contributed by atoms with van der Waals surface area (Å²) in [7, 11) is 0. The number of hydrogen-bond acceptors (Lipinski definition) is 5. The Bertz CT molecular complexity index is 995. The van der Waals surface area contributed by atoms with Gasteiger partial charge in [-0.05, 0) is 49.7 Å². The summed E-state index contributed by atoms with van der Waals surface area (Å²) in [6.45, 7) is 6.23. The zero-order valence-corrected chi connectivity index (χ0v) is 18.8. The molecule has 166 valence electrons. The van der Waals surface area contributed by atoms with Crippen LogP contribution in [0.2, 0.25) is 5.02 Å². The van der Waals surface area contributed by atoms with Crippen LogP contribution in [0.5, 0.6) is 0 Å². The molecule has 1 spiro atoms. The van der Waals surface area contributed by atoms with Gasteiger partial charge in [0, 0.05) is 19.8 Å². The van der Waals surface area contributed by atoms with Gasteiger partial charge in [-0.3, -0.25) is 4.79 Å². The maximum atomic E-state index is 13.0. The molecule has 7 nitrogen and oxygen atoms in total.